The molecule has 3 nitrogen and oxygen atoms in total. The molecule has 1 aromatic heterocycles. The molecule has 1 aromatic carbocycles. The fraction of sp³-hybridized carbons (Fsp3) is 0.333. The second-order valence-corrected chi connectivity index (χ2v) is 5.82. The van der Waals surface area contributed by atoms with Crippen molar-refractivity contribution in [3.8, 4) is 11.5 Å². The van der Waals surface area contributed by atoms with Crippen molar-refractivity contribution < 1.29 is 22.6 Å². The van der Waals surface area contributed by atoms with Crippen molar-refractivity contribution in [3.05, 3.63) is 40.1 Å². The molecule has 0 fully saturated rings. The first kappa shape index (κ1) is 15.0. The summed E-state index contributed by atoms with van der Waals surface area (Å²) in [5, 5.41) is 5.34. The third kappa shape index (κ3) is 3.14. The molecule has 0 saturated heterocycles. The Morgan fingerprint density at radius 2 is 2.09 bits per heavy atom. The molecular formula is C15H14F3NO2S. The van der Waals surface area contributed by atoms with E-state index in [2.05, 4.69) is 5.32 Å². The van der Waals surface area contributed by atoms with Gasteiger partial charge in [-0.25, -0.2) is 0 Å². The van der Waals surface area contributed by atoms with Gasteiger partial charge in [-0.05, 0) is 24.6 Å². The van der Waals surface area contributed by atoms with Crippen LogP contribution in [0.4, 0.5) is 18.9 Å². The fourth-order valence-electron chi connectivity index (χ4n) is 2.20. The molecule has 118 valence electrons. The van der Waals surface area contributed by atoms with E-state index in [1.807, 2.05) is 25.1 Å². The number of halogens is 3. The van der Waals surface area contributed by atoms with Gasteiger partial charge in [0.25, 0.3) is 0 Å². The Kier molecular flexibility index (Phi) is 3.90. The van der Waals surface area contributed by atoms with E-state index in [9.17, 15) is 13.2 Å². The van der Waals surface area contributed by atoms with Crippen molar-refractivity contribution in [2.24, 2.45) is 0 Å². The lowest BCUT2D eigenvalue weighted by Gasteiger charge is -2.27. The topological polar surface area (TPSA) is 30.5 Å². The number of alkyl halides is 3. The fourth-order valence-corrected chi connectivity index (χ4v) is 3.01. The number of benzene rings is 1. The van der Waals surface area contributed by atoms with E-state index < -0.39 is 11.7 Å². The van der Waals surface area contributed by atoms with E-state index in [1.54, 1.807) is 0 Å². The molecule has 0 spiro atoms. The Hall–Kier alpha value is -1.89. The smallest absolute Gasteiger partial charge is 0.419 e. The van der Waals surface area contributed by atoms with Crippen LogP contribution in [0.3, 0.4) is 0 Å². The summed E-state index contributed by atoms with van der Waals surface area (Å²) in [7, 11) is 0. The maximum absolute atomic E-state index is 12.8. The molecular weight excluding hydrogens is 315 g/mol. The number of nitrogens with one attached hydrogen (secondary N) is 1. The van der Waals surface area contributed by atoms with Crippen LogP contribution in [-0.2, 0) is 6.18 Å². The Morgan fingerprint density at radius 1 is 1.27 bits per heavy atom. The molecule has 0 aliphatic carbocycles. The zero-order valence-electron chi connectivity index (χ0n) is 11.7. The first-order valence-corrected chi connectivity index (χ1v) is 7.65. The number of fused-ring (bicyclic) bond motifs is 1. The highest BCUT2D eigenvalue weighted by atomic mass is 32.1. The second-order valence-electron chi connectivity index (χ2n) is 5.08. The first-order valence-electron chi connectivity index (χ1n) is 6.71. The molecule has 22 heavy (non-hydrogen) atoms. The average Bonchev–Trinajstić information content (AvgIpc) is 2.93. The van der Waals surface area contributed by atoms with Crippen molar-refractivity contribution in [2.45, 2.75) is 19.2 Å². The third-order valence-corrected chi connectivity index (χ3v) is 4.05. The van der Waals surface area contributed by atoms with Crippen molar-refractivity contribution in [1.29, 1.82) is 0 Å². The van der Waals surface area contributed by atoms with Crippen LogP contribution in [0.2, 0.25) is 0 Å². The number of ether oxygens (including phenoxy) is 2. The maximum atomic E-state index is 12.8. The quantitative estimate of drug-likeness (QED) is 0.909. The van der Waals surface area contributed by atoms with Crippen molar-refractivity contribution >= 4 is 17.0 Å². The molecule has 1 aliphatic heterocycles. The standard InChI is InChI=1S/C15H14F3NO2S/c1-9-2-3-13-14(4-9)20-6-10(21-13)5-19-12-8-22-7-11(12)15(16,17)18/h2-4,7-8,10,19H,5-6H2,1H3. The number of aryl methyl sites for hydroxylation is 1. The summed E-state index contributed by atoms with van der Waals surface area (Å²) in [6, 6.07) is 5.58. The molecule has 2 aromatic rings. The van der Waals surface area contributed by atoms with E-state index in [1.165, 1.54) is 5.38 Å². The summed E-state index contributed by atoms with van der Waals surface area (Å²) >= 11 is 1.02. The minimum Gasteiger partial charge on any atom is -0.486 e. The molecule has 1 atom stereocenters. The SMILES string of the molecule is Cc1ccc2c(c1)OCC(CNc1cscc1C(F)(F)F)O2. The molecule has 0 amide bonds. The Labute approximate surface area is 129 Å². The lowest BCUT2D eigenvalue weighted by atomic mass is 10.2. The van der Waals surface area contributed by atoms with Gasteiger partial charge in [0, 0.05) is 10.8 Å². The van der Waals surface area contributed by atoms with E-state index in [-0.39, 0.29) is 18.3 Å². The highest BCUT2D eigenvalue weighted by molar-refractivity contribution is 7.08. The van der Waals surface area contributed by atoms with Gasteiger partial charge >= 0.3 is 6.18 Å². The largest absolute Gasteiger partial charge is 0.486 e. The summed E-state index contributed by atoms with van der Waals surface area (Å²) in [5.41, 5.74) is 0.494. The summed E-state index contributed by atoms with van der Waals surface area (Å²) in [6.07, 6.45) is -4.69. The van der Waals surface area contributed by atoms with Gasteiger partial charge in [0.1, 0.15) is 12.7 Å². The molecule has 1 unspecified atom stereocenters. The number of anilines is 1. The zero-order valence-corrected chi connectivity index (χ0v) is 12.6. The monoisotopic (exact) mass is 329 g/mol. The van der Waals surface area contributed by atoms with Gasteiger partial charge in [-0.15, -0.1) is 11.3 Å². The van der Waals surface area contributed by atoms with Crippen molar-refractivity contribution in [3.63, 3.8) is 0 Å². The van der Waals surface area contributed by atoms with Gasteiger partial charge in [-0.3, -0.25) is 0 Å². The van der Waals surface area contributed by atoms with Crippen molar-refractivity contribution in [1.82, 2.24) is 0 Å². The molecule has 0 radical (unpaired) electrons. The average molecular weight is 329 g/mol. The van der Waals surface area contributed by atoms with Gasteiger partial charge < -0.3 is 14.8 Å². The van der Waals surface area contributed by atoms with Gasteiger partial charge in [-0.2, -0.15) is 13.2 Å². The molecule has 2 heterocycles. The molecule has 1 aliphatic rings. The van der Waals surface area contributed by atoms with Crippen LogP contribution in [0.5, 0.6) is 11.5 Å². The van der Waals surface area contributed by atoms with Crippen LogP contribution in [0, 0.1) is 6.92 Å². The molecule has 3 rings (SSSR count). The molecule has 1 N–H and O–H groups in total. The minimum atomic E-state index is -4.35. The van der Waals surface area contributed by atoms with E-state index in [0.29, 0.717) is 18.1 Å². The lowest BCUT2D eigenvalue weighted by Crippen LogP contribution is -2.35. The van der Waals surface area contributed by atoms with Crippen LogP contribution in [0.25, 0.3) is 0 Å². The zero-order chi connectivity index (χ0) is 15.7. The van der Waals surface area contributed by atoms with Crippen LogP contribution >= 0.6 is 11.3 Å². The van der Waals surface area contributed by atoms with E-state index >= 15 is 0 Å². The number of thiophene rings is 1. The highest BCUT2D eigenvalue weighted by Gasteiger charge is 2.34. The van der Waals surface area contributed by atoms with Gasteiger partial charge in [0.2, 0.25) is 0 Å². The van der Waals surface area contributed by atoms with Crippen LogP contribution in [0.15, 0.2) is 29.0 Å². The normalized spacial score (nSPS) is 17.4. The van der Waals surface area contributed by atoms with E-state index in [0.717, 1.165) is 22.3 Å². The summed E-state index contributed by atoms with van der Waals surface area (Å²) in [4.78, 5) is 0. The van der Waals surface area contributed by atoms with Gasteiger partial charge in [-0.1, -0.05) is 6.07 Å². The molecule has 0 saturated carbocycles. The number of hydrogen-bond donors (Lipinski definition) is 1. The maximum Gasteiger partial charge on any atom is 0.419 e. The van der Waals surface area contributed by atoms with Crippen LogP contribution in [0.1, 0.15) is 11.1 Å². The predicted octanol–water partition coefficient (Wildman–Crippen LogP) is 4.33. The first-order chi connectivity index (χ1) is 10.4. The molecule has 7 heteroatoms. The second kappa shape index (κ2) is 5.72. The van der Waals surface area contributed by atoms with Crippen LogP contribution < -0.4 is 14.8 Å². The minimum absolute atomic E-state index is 0.0794. The van der Waals surface area contributed by atoms with Crippen molar-refractivity contribution in [2.75, 3.05) is 18.5 Å². The molecule has 0 bridgehead atoms. The van der Waals surface area contributed by atoms with Gasteiger partial charge in [0.15, 0.2) is 11.5 Å². The predicted molar refractivity (Wildman–Crippen MR) is 78.9 cm³/mol. The van der Waals surface area contributed by atoms with E-state index in [4.69, 9.17) is 9.47 Å². The van der Waals surface area contributed by atoms with Gasteiger partial charge in [0.05, 0.1) is 17.8 Å². The van der Waals surface area contributed by atoms with Crippen LogP contribution in [-0.4, -0.2) is 19.3 Å². The lowest BCUT2D eigenvalue weighted by molar-refractivity contribution is -0.136. The Balaban J connectivity index is 1.64. The Bertz CT molecular complexity index is 669. The number of hydrogen-bond acceptors (Lipinski definition) is 4. The number of rotatable bonds is 3. The summed E-state index contributed by atoms with van der Waals surface area (Å²) in [5.74, 6) is 1.28. The Morgan fingerprint density at radius 3 is 2.86 bits per heavy atom. The third-order valence-electron chi connectivity index (χ3n) is 3.31. The highest BCUT2D eigenvalue weighted by Crippen LogP contribution is 2.37. The summed E-state index contributed by atoms with van der Waals surface area (Å²) in [6.45, 7) is 2.49. The summed E-state index contributed by atoms with van der Waals surface area (Å²) < 4.78 is 49.7.